The Morgan fingerprint density at radius 3 is 2.41 bits per heavy atom. The smallest absolute Gasteiger partial charge is 0.233 e. The highest BCUT2D eigenvalue weighted by molar-refractivity contribution is 8.00. The van der Waals surface area contributed by atoms with Crippen molar-refractivity contribution in [3.63, 3.8) is 0 Å². The lowest BCUT2D eigenvalue weighted by atomic mass is 10.1. The summed E-state index contributed by atoms with van der Waals surface area (Å²) in [5.41, 5.74) is 0.486. The molecule has 0 saturated carbocycles. The first-order chi connectivity index (χ1) is 10.5. The van der Waals surface area contributed by atoms with E-state index in [4.69, 9.17) is 11.6 Å². The molecule has 2 unspecified atom stereocenters. The van der Waals surface area contributed by atoms with Crippen LogP contribution in [0.1, 0.15) is 25.5 Å². The summed E-state index contributed by atoms with van der Waals surface area (Å²) in [4.78, 5) is 13.2. The fraction of sp³-hybridized carbons (Fsp3) is 0.235. The Bertz CT molecular complexity index is 647. The summed E-state index contributed by atoms with van der Waals surface area (Å²) in [6, 6.07) is 13.4. The molecule has 0 spiro atoms. The molecular weight excluding hydrogens is 321 g/mol. The van der Waals surface area contributed by atoms with Crippen molar-refractivity contribution in [3.8, 4) is 0 Å². The Morgan fingerprint density at radius 1 is 1.14 bits per heavy atom. The van der Waals surface area contributed by atoms with E-state index in [1.54, 1.807) is 37.3 Å². The maximum atomic E-state index is 13.7. The van der Waals surface area contributed by atoms with E-state index in [9.17, 15) is 9.18 Å². The van der Waals surface area contributed by atoms with Crippen molar-refractivity contribution < 1.29 is 9.18 Å². The van der Waals surface area contributed by atoms with E-state index >= 15 is 0 Å². The Morgan fingerprint density at radius 2 is 1.77 bits per heavy atom. The van der Waals surface area contributed by atoms with Gasteiger partial charge in [-0.25, -0.2) is 4.39 Å². The van der Waals surface area contributed by atoms with Gasteiger partial charge < -0.3 is 5.32 Å². The van der Waals surface area contributed by atoms with Gasteiger partial charge in [-0.2, -0.15) is 0 Å². The molecule has 2 atom stereocenters. The van der Waals surface area contributed by atoms with E-state index in [1.807, 2.05) is 19.1 Å². The molecule has 0 radical (unpaired) electrons. The number of carbonyl (C=O) groups is 1. The lowest BCUT2D eigenvalue weighted by Gasteiger charge is -2.18. The van der Waals surface area contributed by atoms with Gasteiger partial charge in [-0.05, 0) is 44.2 Å². The summed E-state index contributed by atoms with van der Waals surface area (Å²) in [6.07, 6.45) is 0. The predicted octanol–water partition coefficient (Wildman–Crippen LogP) is 4.84. The summed E-state index contributed by atoms with van der Waals surface area (Å²) >= 11 is 7.28. The number of thioether (sulfide) groups is 1. The third kappa shape index (κ3) is 4.49. The van der Waals surface area contributed by atoms with Crippen molar-refractivity contribution in [1.82, 2.24) is 5.32 Å². The maximum absolute atomic E-state index is 13.7. The highest BCUT2D eigenvalue weighted by Crippen LogP contribution is 2.25. The highest BCUT2D eigenvalue weighted by Gasteiger charge is 2.18. The lowest BCUT2D eigenvalue weighted by molar-refractivity contribution is -0.120. The van der Waals surface area contributed by atoms with Crippen molar-refractivity contribution in [1.29, 1.82) is 0 Å². The molecular formula is C17H17ClFNOS. The van der Waals surface area contributed by atoms with Gasteiger partial charge in [0.1, 0.15) is 5.82 Å². The number of nitrogens with one attached hydrogen (secondary N) is 1. The molecule has 116 valence electrons. The quantitative estimate of drug-likeness (QED) is 0.791. The Labute approximate surface area is 139 Å². The zero-order chi connectivity index (χ0) is 16.1. The van der Waals surface area contributed by atoms with E-state index in [0.29, 0.717) is 10.6 Å². The second-order valence-electron chi connectivity index (χ2n) is 4.97. The fourth-order valence-corrected chi connectivity index (χ4v) is 3.01. The van der Waals surface area contributed by atoms with Crippen molar-refractivity contribution in [2.75, 3.05) is 0 Å². The Hall–Kier alpha value is -1.52. The van der Waals surface area contributed by atoms with Crippen molar-refractivity contribution in [2.24, 2.45) is 0 Å². The molecule has 1 N–H and O–H groups in total. The van der Waals surface area contributed by atoms with E-state index in [2.05, 4.69) is 5.32 Å². The van der Waals surface area contributed by atoms with Crippen molar-refractivity contribution in [2.45, 2.75) is 30.0 Å². The summed E-state index contributed by atoms with van der Waals surface area (Å²) in [7, 11) is 0. The van der Waals surface area contributed by atoms with Gasteiger partial charge >= 0.3 is 0 Å². The van der Waals surface area contributed by atoms with Crippen LogP contribution in [-0.4, -0.2) is 11.2 Å². The standard InChI is InChI=1S/C17H17ClFNOS/c1-11(15-5-3-4-6-16(15)19)20-17(21)12(2)22-14-9-7-13(18)8-10-14/h3-12H,1-2H3,(H,20,21). The van der Waals surface area contributed by atoms with E-state index in [0.717, 1.165) is 4.90 Å². The first kappa shape index (κ1) is 16.8. The molecule has 0 aliphatic rings. The first-order valence-electron chi connectivity index (χ1n) is 6.94. The number of rotatable bonds is 5. The molecule has 0 saturated heterocycles. The molecule has 1 amide bonds. The first-order valence-corrected chi connectivity index (χ1v) is 8.20. The minimum atomic E-state index is -0.373. The topological polar surface area (TPSA) is 29.1 Å². The van der Waals surface area contributed by atoms with E-state index < -0.39 is 0 Å². The largest absolute Gasteiger partial charge is 0.349 e. The summed E-state index contributed by atoms with van der Waals surface area (Å²) in [6.45, 7) is 3.60. The van der Waals surface area contributed by atoms with Gasteiger partial charge in [0.05, 0.1) is 11.3 Å². The average Bonchev–Trinajstić information content (AvgIpc) is 2.49. The van der Waals surface area contributed by atoms with Crippen LogP contribution in [-0.2, 0) is 4.79 Å². The number of benzene rings is 2. The van der Waals surface area contributed by atoms with Gasteiger partial charge in [-0.3, -0.25) is 4.79 Å². The Balaban J connectivity index is 1.96. The number of hydrogen-bond donors (Lipinski definition) is 1. The van der Waals surface area contributed by atoms with Crippen LogP contribution in [0.3, 0.4) is 0 Å². The molecule has 0 aliphatic heterocycles. The third-order valence-electron chi connectivity index (χ3n) is 3.23. The minimum absolute atomic E-state index is 0.129. The van der Waals surface area contributed by atoms with Gasteiger partial charge in [0, 0.05) is 15.5 Å². The average molecular weight is 338 g/mol. The molecule has 0 bridgehead atoms. The van der Waals surface area contributed by atoms with Gasteiger partial charge in [-0.15, -0.1) is 11.8 Å². The zero-order valence-corrected chi connectivity index (χ0v) is 13.9. The summed E-state index contributed by atoms with van der Waals surface area (Å²) < 4.78 is 13.7. The molecule has 2 nitrogen and oxygen atoms in total. The van der Waals surface area contributed by atoms with Gasteiger partial charge in [-0.1, -0.05) is 29.8 Å². The van der Waals surface area contributed by atoms with Gasteiger partial charge in [0.25, 0.3) is 0 Å². The van der Waals surface area contributed by atoms with E-state index in [-0.39, 0.29) is 23.0 Å². The molecule has 22 heavy (non-hydrogen) atoms. The highest BCUT2D eigenvalue weighted by atomic mass is 35.5. The second-order valence-corrected chi connectivity index (χ2v) is 6.82. The summed E-state index contributed by atoms with van der Waals surface area (Å²) in [5, 5.41) is 3.22. The van der Waals surface area contributed by atoms with Crippen LogP contribution < -0.4 is 5.32 Å². The van der Waals surface area contributed by atoms with Crippen LogP contribution in [0.2, 0.25) is 5.02 Å². The minimum Gasteiger partial charge on any atom is -0.349 e. The molecule has 0 fully saturated rings. The molecule has 0 aliphatic carbocycles. The third-order valence-corrected chi connectivity index (χ3v) is 4.59. The number of hydrogen-bond acceptors (Lipinski definition) is 2. The molecule has 2 aromatic carbocycles. The van der Waals surface area contributed by atoms with Crippen molar-refractivity contribution in [3.05, 3.63) is 64.9 Å². The van der Waals surface area contributed by atoms with Gasteiger partial charge in [0.2, 0.25) is 5.91 Å². The van der Waals surface area contributed by atoms with E-state index in [1.165, 1.54) is 17.8 Å². The van der Waals surface area contributed by atoms with Crippen molar-refractivity contribution >= 4 is 29.3 Å². The molecule has 2 aromatic rings. The normalized spacial score (nSPS) is 13.5. The predicted molar refractivity (Wildman–Crippen MR) is 89.7 cm³/mol. The van der Waals surface area contributed by atoms with Crippen LogP contribution in [0.4, 0.5) is 4.39 Å². The molecule has 0 aromatic heterocycles. The van der Waals surface area contributed by atoms with Crippen LogP contribution in [0.5, 0.6) is 0 Å². The van der Waals surface area contributed by atoms with Crippen LogP contribution in [0.15, 0.2) is 53.4 Å². The zero-order valence-electron chi connectivity index (χ0n) is 12.3. The second kappa shape index (κ2) is 7.65. The van der Waals surface area contributed by atoms with Gasteiger partial charge in [0.15, 0.2) is 0 Å². The van der Waals surface area contributed by atoms with Crippen LogP contribution in [0, 0.1) is 5.82 Å². The van der Waals surface area contributed by atoms with Crippen LogP contribution in [0.25, 0.3) is 0 Å². The molecule has 2 rings (SSSR count). The molecule has 0 heterocycles. The van der Waals surface area contributed by atoms with Crippen LogP contribution >= 0.6 is 23.4 Å². The lowest BCUT2D eigenvalue weighted by Crippen LogP contribution is -2.33. The Kier molecular flexibility index (Phi) is 5.86. The fourth-order valence-electron chi connectivity index (χ4n) is 2.01. The summed E-state index contributed by atoms with van der Waals surface area (Å²) in [5.74, 6) is -0.441. The SMILES string of the molecule is CC(Sc1ccc(Cl)cc1)C(=O)NC(C)c1ccccc1F. The number of carbonyl (C=O) groups excluding carboxylic acids is 1. The molecule has 5 heteroatoms. The monoisotopic (exact) mass is 337 g/mol. The number of amides is 1. The maximum Gasteiger partial charge on any atom is 0.233 e. The number of halogens is 2.